The van der Waals surface area contributed by atoms with Crippen molar-refractivity contribution >= 4 is 5.97 Å². The average molecular weight is 395 g/mol. The number of ether oxygens (including phenoxy) is 1. The summed E-state index contributed by atoms with van der Waals surface area (Å²) in [6, 6.07) is 0. The summed E-state index contributed by atoms with van der Waals surface area (Å²) in [6.07, 6.45) is 15.2. The third-order valence-electron chi connectivity index (χ3n) is 4.44. The summed E-state index contributed by atoms with van der Waals surface area (Å²) in [4.78, 5) is 10.4. The first-order chi connectivity index (χ1) is 13.4. The summed E-state index contributed by atoms with van der Waals surface area (Å²) in [5.74, 6) is -0.804. The van der Waals surface area contributed by atoms with E-state index < -0.39 is 30.4 Å². The van der Waals surface area contributed by atoms with Gasteiger partial charge in [-0.3, -0.25) is 4.79 Å². The molecule has 6 heteroatoms. The largest absolute Gasteiger partial charge is 0.481 e. The summed E-state index contributed by atoms with van der Waals surface area (Å²) in [5, 5.41) is 38.7. The summed E-state index contributed by atoms with van der Waals surface area (Å²) < 4.78 is 5.76. The number of allylic oxidation sites excluding steroid dienone is 4. The first-order valence-electron chi connectivity index (χ1n) is 9.98. The Labute approximate surface area is 167 Å². The van der Waals surface area contributed by atoms with Crippen LogP contribution < -0.4 is 0 Å². The fourth-order valence-corrected chi connectivity index (χ4v) is 2.87. The van der Waals surface area contributed by atoms with E-state index >= 15 is 0 Å². The Balaban J connectivity index is 2.32. The highest BCUT2D eigenvalue weighted by Gasteiger charge is 2.36. The van der Waals surface area contributed by atoms with E-state index in [1.165, 1.54) is 6.08 Å². The molecule has 0 saturated carbocycles. The lowest BCUT2D eigenvalue weighted by Crippen LogP contribution is -2.24. The molecule has 1 fully saturated rings. The summed E-state index contributed by atoms with van der Waals surface area (Å²) in [7, 11) is 0. The van der Waals surface area contributed by atoms with Crippen molar-refractivity contribution in [2.24, 2.45) is 0 Å². The predicted octanol–water partition coefficient (Wildman–Crippen LogP) is 2.90. The zero-order valence-corrected chi connectivity index (χ0v) is 16.6. The topological polar surface area (TPSA) is 107 Å². The van der Waals surface area contributed by atoms with Gasteiger partial charge >= 0.3 is 5.97 Å². The van der Waals surface area contributed by atoms with Crippen molar-refractivity contribution in [3.8, 4) is 0 Å². The van der Waals surface area contributed by atoms with Gasteiger partial charge in [-0.15, -0.1) is 0 Å². The SMILES string of the molecule is CC/C=C\C[C@@H](O)/C=C/[C@H](O)[C@H]1C[C@H](O)[C@H](C/C=C\C/C=C\CCC(=O)O)O1. The van der Waals surface area contributed by atoms with Gasteiger partial charge in [-0.2, -0.15) is 0 Å². The molecule has 1 aliphatic heterocycles. The highest BCUT2D eigenvalue weighted by atomic mass is 16.5. The van der Waals surface area contributed by atoms with Gasteiger partial charge in [0, 0.05) is 12.8 Å². The molecule has 0 amide bonds. The monoisotopic (exact) mass is 394 g/mol. The Hall–Kier alpha value is -1.73. The molecular weight excluding hydrogens is 360 g/mol. The van der Waals surface area contributed by atoms with E-state index in [0.29, 0.717) is 32.1 Å². The minimum Gasteiger partial charge on any atom is -0.481 e. The Morgan fingerprint density at radius 1 is 1.11 bits per heavy atom. The summed E-state index contributed by atoms with van der Waals surface area (Å²) in [6.45, 7) is 2.02. The van der Waals surface area contributed by atoms with Gasteiger partial charge in [0.1, 0.15) is 0 Å². The van der Waals surface area contributed by atoms with Gasteiger partial charge < -0.3 is 25.2 Å². The van der Waals surface area contributed by atoms with Crippen LogP contribution in [0.15, 0.2) is 48.6 Å². The second-order valence-corrected chi connectivity index (χ2v) is 6.92. The van der Waals surface area contributed by atoms with Crippen molar-refractivity contribution < 1.29 is 30.0 Å². The molecular formula is C22H34O6. The molecule has 158 valence electrons. The Morgan fingerprint density at radius 2 is 1.86 bits per heavy atom. The number of hydrogen-bond acceptors (Lipinski definition) is 5. The number of hydrogen-bond donors (Lipinski definition) is 4. The van der Waals surface area contributed by atoms with Crippen LogP contribution in [0.25, 0.3) is 0 Å². The van der Waals surface area contributed by atoms with E-state index in [1.807, 2.05) is 43.4 Å². The number of carboxylic acids is 1. The molecule has 4 N–H and O–H groups in total. The molecule has 1 aliphatic rings. The first kappa shape index (κ1) is 24.3. The van der Waals surface area contributed by atoms with Gasteiger partial charge in [-0.05, 0) is 32.1 Å². The second-order valence-electron chi connectivity index (χ2n) is 6.92. The van der Waals surface area contributed by atoms with Gasteiger partial charge in [0.25, 0.3) is 0 Å². The van der Waals surface area contributed by atoms with Crippen molar-refractivity contribution in [3.63, 3.8) is 0 Å². The lowest BCUT2D eigenvalue weighted by molar-refractivity contribution is -0.136. The maximum atomic E-state index is 10.4. The normalized spacial score (nSPS) is 25.5. The maximum absolute atomic E-state index is 10.4. The van der Waals surface area contributed by atoms with E-state index in [2.05, 4.69) is 0 Å². The van der Waals surface area contributed by atoms with E-state index in [9.17, 15) is 20.1 Å². The number of carboxylic acid groups (broad SMARTS) is 1. The molecule has 0 aliphatic carbocycles. The van der Waals surface area contributed by atoms with Crippen molar-refractivity contribution in [3.05, 3.63) is 48.6 Å². The van der Waals surface area contributed by atoms with E-state index in [1.54, 1.807) is 6.08 Å². The van der Waals surface area contributed by atoms with Gasteiger partial charge in [0.05, 0.1) is 30.5 Å². The van der Waals surface area contributed by atoms with Crippen LogP contribution in [-0.4, -0.2) is 56.9 Å². The van der Waals surface area contributed by atoms with Crippen molar-refractivity contribution in [2.45, 2.75) is 82.4 Å². The van der Waals surface area contributed by atoms with Crippen LogP contribution in [0, 0.1) is 0 Å². The van der Waals surface area contributed by atoms with E-state index in [4.69, 9.17) is 9.84 Å². The third kappa shape index (κ3) is 10.6. The number of aliphatic hydroxyl groups is 3. The van der Waals surface area contributed by atoms with Crippen LogP contribution in [0.5, 0.6) is 0 Å². The lowest BCUT2D eigenvalue weighted by atomic mass is 10.0. The van der Waals surface area contributed by atoms with Crippen LogP contribution in [0.4, 0.5) is 0 Å². The highest BCUT2D eigenvalue weighted by molar-refractivity contribution is 5.66. The molecule has 0 radical (unpaired) electrons. The molecule has 0 aromatic rings. The Kier molecular flexibility index (Phi) is 12.4. The quantitative estimate of drug-likeness (QED) is 0.358. The smallest absolute Gasteiger partial charge is 0.303 e. The highest BCUT2D eigenvalue weighted by Crippen LogP contribution is 2.26. The van der Waals surface area contributed by atoms with Crippen molar-refractivity contribution in [1.82, 2.24) is 0 Å². The lowest BCUT2D eigenvalue weighted by Gasteiger charge is -2.16. The summed E-state index contributed by atoms with van der Waals surface area (Å²) >= 11 is 0. The molecule has 1 saturated heterocycles. The Morgan fingerprint density at radius 3 is 2.57 bits per heavy atom. The molecule has 5 atom stereocenters. The van der Waals surface area contributed by atoms with Crippen molar-refractivity contribution in [1.29, 1.82) is 0 Å². The van der Waals surface area contributed by atoms with E-state index in [-0.39, 0.29) is 12.5 Å². The van der Waals surface area contributed by atoms with Crippen LogP contribution in [-0.2, 0) is 9.53 Å². The second kappa shape index (κ2) is 14.3. The van der Waals surface area contributed by atoms with E-state index in [0.717, 1.165) is 6.42 Å². The molecule has 0 aromatic heterocycles. The average Bonchev–Trinajstić information content (AvgIpc) is 3.02. The number of carbonyl (C=O) groups is 1. The first-order valence-corrected chi connectivity index (χ1v) is 9.98. The molecule has 28 heavy (non-hydrogen) atoms. The minimum atomic E-state index is -0.870. The molecule has 0 aromatic carbocycles. The zero-order chi connectivity index (χ0) is 20.8. The van der Waals surface area contributed by atoms with Crippen LogP contribution in [0.1, 0.15) is 51.9 Å². The van der Waals surface area contributed by atoms with Gasteiger partial charge in [-0.1, -0.05) is 55.5 Å². The third-order valence-corrected chi connectivity index (χ3v) is 4.44. The maximum Gasteiger partial charge on any atom is 0.303 e. The van der Waals surface area contributed by atoms with Crippen LogP contribution in [0.3, 0.4) is 0 Å². The van der Waals surface area contributed by atoms with Crippen molar-refractivity contribution in [2.75, 3.05) is 0 Å². The molecule has 0 bridgehead atoms. The molecule has 1 heterocycles. The summed E-state index contributed by atoms with van der Waals surface area (Å²) in [5.41, 5.74) is 0. The number of aliphatic carboxylic acids is 1. The predicted molar refractivity (Wildman–Crippen MR) is 109 cm³/mol. The minimum absolute atomic E-state index is 0.132. The molecule has 6 nitrogen and oxygen atoms in total. The van der Waals surface area contributed by atoms with Crippen LogP contribution in [0.2, 0.25) is 0 Å². The Bertz CT molecular complexity index is 551. The molecule has 1 rings (SSSR count). The molecule has 0 unspecified atom stereocenters. The zero-order valence-electron chi connectivity index (χ0n) is 16.6. The van der Waals surface area contributed by atoms with Gasteiger partial charge in [0.2, 0.25) is 0 Å². The number of aliphatic hydroxyl groups excluding tert-OH is 3. The number of rotatable bonds is 13. The van der Waals surface area contributed by atoms with Crippen LogP contribution >= 0.6 is 0 Å². The fraction of sp³-hybridized carbons (Fsp3) is 0.591. The van der Waals surface area contributed by atoms with Gasteiger partial charge in [-0.25, -0.2) is 0 Å². The molecule has 0 spiro atoms. The standard InChI is InChI=1S/C22H34O6/c1-2-3-8-11-17(23)14-15-18(24)21-16-19(25)20(28-21)12-9-6-4-5-7-10-13-22(26)27/h3,5-9,14-15,17-21,23-25H,2,4,10-13,16H2,1H3,(H,26,27)/b7-5-,8-3-,9-6-,15-14+/t17-,18+,19+,20+,21-/m1/s1. The van der Waals surface area contributed by atoms with Gasteiger partial charge in [0.15, 0.2) is 0 Å². The fourth-order valence-electron chi connectivity index (χ4n) is 2.87.